The Hall–Kier alpha value is -3.63. The lowest BCUT2D eigenvalue weighted by molar-refractivity contribution is 0.142. The normalized spacial score (nSPS) is 23.6. The van der Waals surface area contributed by atoms with E-state index in [1.807, 2.05) is 24.4 Å². The van der Waals surface area contributed by atoms with Gasteiger partial charge in [-0.05, 0) is 44.0 Å². The van der Waals surface area contributed by atoms with E-state index in [-0.39, 0.29) is 5.75 Å². The average Bonchev–Trinajstić information content (AvgIpc) is 3.20. The number of nitrogens with two attached hydrogens (primary N) is 1. The number of ether oxygens (including phenoxy) is 1. The van der Waals surface area contributed by atoms with Crippen LogP contribution in [0.25, 0.3) is 11.3 Å². The molecule has 3 unspecified atom stereocenters. The van der Waals surface area contributed by atoms with Gasteiger partial charge in [0.05, 0.1) is 11.4 Å². The summed E-state index contributed by atoms with van der Waals surface area (Å²) in [5.41, 5.74) is 9.60. The Bertz CT molecular complexity index is 1260. The number of aromatic hydroxyl groups is 1. The Morgan fingerprint density at radius 3 is 2.71 bits per heavy atom. The molecule has 38 heavy (non-hydrogen) atoms. The molecule has 10 heteroatoms. The topological polar surface area (TPSA) is 116 Å². The molecule has 10 nitrogen and oxygen atoms in total. The summed E-state index contributed by atoms with van der Waals surface area (Å²) in [5, 5.41) is 22.2. The number of hydrogen-bond acceptors (Lipinski definition) is 10. The number of phenols is 1. The summed E-state index contributed by atoms with van der Waals surface area (Å²) in [5.74, 6) is 1.28. The lowest BCUT2D eigenvalue weighted by Crippen LogP contribution is -2.54. The SMILES string of the molecule is CC1CNCCN1CCOc1cc(N2C3CCC2CN(c2cc(-c4ccccc4O)nnc2N)C3)ccn1. The van der Waals surface area contributed by atoms with Crippen molar-refractivity contribution in [3.8, 4) is 22.9 Å². The molecule has 4 N–H and O–H groups in total. The van der Waals surface area contributed by atoms with Gasteiger partial charge in [0, 0.05) is 80.9 Å². The Labute approximate surface area is 223 Å². The van der Waals surface area contributed by atoms with E-state index in [0.29, 0.717) is 47.7 Å². The first kappa shape index (κ1) is 24.7. The lowest BCUT2D eigenvalue weighted by atomic mass is 10.1. The Morgan fingerprint density at radius 2 is 1.92 bits per heavy atom. The number of anilines is 3. The van der Waals surface area contributed by atoms with Gasteiger partial charge in [0.2, 0.25) is 5.88 Å². The highest BCUT2D eigenvalue weighted by atomic mass is 16.5. The highest BCUT2D eigenvalue weighted by Crippen LogP contribution is 2.39. The van der Waals surface area contributed by atoms with Gasteiger partial charge < -0.3 is 30.7 Å². The molecule has 3 aliphatic rings. The average molecular weight is 517 g/mol. The maximum absolute atomic E-state index is 10.3. The van der Waals surface area contributed by atoms with Crippen LogP contribution in [0, 0.1) is 0 Å². The Morgan fingerprint density at radius 1 is 1.11 bits per heavy atom. The quantitative estimate of drug-likeness (QED) is 0.432. The van der Waals surface area contributed by atoms with E-state index in [2.05, 4.69) is 54.3 Å². The van der Waals surface area contributed by atoms with Crippen molar-refractivity contribution in [3.05, 3.63) is 48.7 Å². The number of nitrogen functional groups attached to an aromatic ring is 1. The summed E-state index contributed by atoms with van der Waals surface area (Å²) in [6, 6.07) is 14.5. The molecule has 6 rings (SSSR count). The van der Waals surface area contributed by atoms with E-state index in [1.54, 1.807) is 12.1 Å². The Balaban J connectivity index is 1.14. The summed E-state index contributed by atoms with van der Waals surface area (Å²) >= 11 is 0. The number of phenolic OH excluding ortho intramolecular Hbond substituents is 1. The largest absolute Gasteiger partial charge is 0.507 e. The van der Waals surface area contributed by atoms with Crippen LogP contribution in [0.15, 0.2) is 48.7 Å². The lowest BCUT2D eigenvalue weighted by Gasteiger charge is -2.43. The fourth-order valence-corrected chi connectivity index (χ4v) is 6.11. The zero-order valence-electron chi connectivity index (χ0n) is 21.8. The molecule has 1 aromatic carbocycles. The van der Waals surface area contributed by atoms with Gasteiger partial charge in [-0.3, -0.25) is 4.90 Å². The van der Waals surface area contributed by atoms with Gasteiger partial charge in [-0.2, -0.15) is 0 Å². The molecule has 0 aliphatic carbocycles. The van der Waals surface area contributed by atoms with Crippen molar-refractivity contribution in [1.82, 2.24) is 25.4 Å². The van der Waals surface area contributed by atoms with Gasteiger partial charge in [0.25, 0.3) is 0 Å². The smallest absolute Gasteiger partial charge is 0.215 e. The third-order valence-corrected chi connectivity index (χ3v) is 8.09. The van der Waals surface area contributed by atoms with Crippen LogP contribution in [0.3, 0.4) is 0 Å². The number of fused-ring (bicyclic) bond motifs is 2. The molecule has 0 amide bonds. The van der Waals surface area contributed by atoms with E-state index < -0.39 is 0 Å². The molecule has 3 saturated heterocycles. The van der Waals surface area contributed by atoms with Gasteiger partial charge in [0.1, 0.15) is 12.4 Å². The molecule has 200 valence electrons. The van der Waals surface area contributed by atoms with E-state index in [4.69, 9.17) is 10.5 Å². The maximum atomic E-state index is 10.3. The van der Waals surface area contributed by atoms with Crippen molar-refractivity contribution in [2.24, 2.45) is 0 Å². The molecule has 0 saturated carbocycles. The third kappa shape index (κ3) is 4.93. The van der Waals surface area contributed by atoms with Crippen molar-refractivity contribution >= 4 is 17.2 Å². The molecule has 0 radical (unpaired) electrons. The van der Waals surface area contributed by atoms with Gasteiger partial charge >= 0.3 is 0 Å². The van der Waals surface area contributed by atoms with Gasteiger partial charge in [-0.25, -0.2) is 4.98 Å². The zero-order chi connectivity index (χ0) is 26.1. The summed E-state index contributed by atoms with van der Waals surface area (Å²) < 4.78 is 6.09. The number of hydrogen-bond donors (Lipinski definition) is 3. The number of rotatable bonds is 7. The summed E-state index contributed by atoms with van der Waals surface area (Å²) in [7, 11) is 0. The van der Waals surface area contributed by atoms with Crippen LogP contribution in [0.2, 0.25) is 0 Å². The predicted octanol–water partition coefficient (Wildman–Crippen LogP) is 2.36. The number of nitrogens with zero attached hydrogens (tertiary/aromatic N) is 6. The van der Waals surface area contributed by atoms with Crippen molar-refractivity contribution in [2.75, 3.05) is 61.4 Å². The summed E-state index contributed by atoms with van der Waals surface area (Å²) in [6.45, 7) is 8.58. The third-order valence-electron chi connectivity index (χ3n) is 8.09. The fourth-order valence-electron chi connectivity index (χ4n) is 6.11. The van der Waals surface area contributed by atoms with Gasteiger partial charge in [0.15, 0.2) is 5.82 Å². The van der Waals surface area contributed by atoms with E-state index in [9.17, 15) is 5.11 Å². The minimum absolute atomic E-state index is 0.181. The number of para-hydroxylation sites is 1. The zero-order valence-corrected chi connectivity index (χ0v) is 21.8. The molecule has 3 atom stereocenters. The Kier molecular flexibility index (Phi) is 6.90. The first-order chi connectivity index (χ1) is 18.6. The molecule has 2 bridgehead atoms. The van der Waals surface area contributed by atoms with E-state index in [1.165, 1.54) is 0 Å². The molecule has 3 fully saturated rings. The highest BCUT2D eigenvalue weighted by Gasteiger charge is 2.41. The van der Waals surface area contributed by atoms with Crippen LogP contribution >= 0.6 is 0 Å². The molecular weight excluding hydrogens is 480 g/mol. The second kappa shape index (κ2) is 10.6. The van der Waals surface area contributed by atoms with Crippen molar-refractivity contribution < 1.29 is 9.84 Å². The molecule has 2 aromatic heterocycles. The number of piperazine rings is 2. The molecular formula is C28H36N8O2. The first-order valence-corrected chi connectivity index (χ1v) is 13.6. The fraction of sp³-hybridized carbons (Fsp3) is 0.464. The van der Waals surface area contributed by atoms with E-state index in [0.717, 1.165) is 63.5 Å². The highest BCUT2D eigenvalue weighted by molar-refractivity contribution is 5.74. The second-order valence-electron chi connectivity index (χ2n) is 10.5. The van der Waals surface area contributed by atoms with Gasteiger partial charge in [-0.15, -0.1) is 10.2 Å². The van der Waals surface area contributed by atoms with Crippen LogP contribution in [-0.4, -0.2) is 89.2 Å². The summed E-state index contributed by atoms with van der Waals surface area (Å²) in [6.07, 6.45) is 4.09. The molecule has 5 heterocycles. The minimum Gasteiger partial charge on any atom is -0.507 e. The van der Waals surface area contributed by atoms with E-state index >= 15 is 0 Å². The van der Waals surface area contributed by atoms with Crippen LogP contribution in [0.5, 0.6) is 11.6 Å². The van der Waals surface area contributed by atoms with Crippen LogP contribution < -0.4 is 25.6 Å². The first-order valence-electron chi connectivity index (χ1n) is 13.6. The minimum atomic E-state index is 0.181. The summed E-state index contributed by atoms with van der Waals surface area (Å²) in [4.78, 5) is 11.8. The van der Waals surface area contributed by atoms with Crippen LogP contribution in [0.1, 0.15) is 19.8 Å². The van der Waals surface area contributed by atoms with Crippen molar-refractivity contribution in [3.63, 3.8) is 0 Å². The van der Waals surface area contributed by atoms with Crippen molar-refractivity contribution in [1.29, 1.82) is 0 Å². The van der Waals surface area contributed by atoms with Crippen LogP contribution in [0.4, 0.5) is 17.2 Å². The number of pyridine rings is 1. The number of benzene rings is 1. The second-order valence-corrected chi connectivity index (χ2v) is 10.5. The molecule has 0 spiro atoms. The standard InChI is InChI=1S/C28H36N8O2/c1-19-16-30-10-11-34(19)12-13-38-27-14-20(8-9-31-27)36-21-6-7-22(36)18-35(17-21)25-15-24(32-33-28(25)29)23-4-2-3-5-26(23)37/h2-5,8-9,14-15,19,21-22,30,37H,6-7,10-13,16-18H2,1H3,(H2,29,33). The van der Waals surface area contributed by atoms with Gasteiger partial charge in [-0.1, -0.05) is 12.1 Å². The predicted molar refractivity (Wildman–Crippen MR) is 149 cm³/mol. The molecule has 3 aromatic rings. The maximum Gasteiger partial charge on any atom is 0.215 e. The number of aromatic nitrogens is 3. The van der Waals surface area contributed by atoms with Crippen molar-refractivity contribution in [2.45, 2.75) is 37.9 Å². The molecule has 3 aliphatic heterocycles. The monoisotopic (exact) mass is 516 g/mol. The number of nitrogens with one attached hydrogen (secondary N) is 1. The van der Waals surface area contributed by atoms with Crippen LogP contribution in [-0.2, 0) is 0 Å².